The van der Waals surface area contributed by atoms with Crippen LogP contribution in [0, 0.1) is 0 Å². The molecule has 0 aliphatic carbocycles. The standard InChI is InChI=1S/C39H30N2O6/c1-4-23-6-5-7-26(20-23)41-37(44)32-19-17-30(22-34(32)38(41)45)47-28-14-10-25(11-15-28)39(2,3)24-8-12-27(13-9-24)46-29-16-18-31-33(21-29)36(43)40-35(31)42/h5-22H,4H2,1-3H3,(H,40,42,43). The van der Waals surface area contributed by atoms with Crippen LogP contribution in [0.15, 0.2) is 109 Å². The Morgan fingerprint density at radius 3 is 1.68 bits per heavy atom. The minimum Gasteiger partial charge on any atom is -0.457 e. The summed E-state index contributed by atoms with van der Waals surface area (Å²) in [5.74, 6) is 0.595. The highest BCUT2D eigenvalue weighted by Crippen LogP contribution is 2.36. The molecule has 5 aromatic carbocycles. The van der Waals surface area contributed by atoms with E-state index in [4.69, 9.17) is 9.47 Å². The van der Waals surface area contributed by atoms with Gasteiger partial charge < -0.3 is 9.47 Å². The van der Waals surface area contributed by atoms with Crippen molar-refractivity contribution in [2.75, 3.05) is 4.90 Å². The lowest BCUT2D eigenvalue weighted by Crippen LogP contribution is -2.29. The lowest BCUT2D eigenvalue weighted by Gasteiger charge is -2.26. The first-order valence-electron chi connectivity index (χ1n) is 15.3. The topological polar surface area (TPSA) is 102 Å². The third-order valence-corrected chi connectivity index (χ3v) is 8.77. The van der Waals surface area contributed by atoms with E-state index in [1.165, 1.54) is 4.90 Å². The van der Waals surface area contributed by atoms with E-state index >= 15 is 0 Å². The summed E-state index contributed by atoms with van der Waals surface area (Å²) in [6.45, 7) is 6.28. The van der Waals surface area contributed by atoms with Gasteiger partial charge >= 0.3 is 0 Å². The monoisotopic (exact) mass is 622 g/mol. The Balaban J connectivity index is 1.04. The normalized spacial score (nSPS) is 13.8. The number of ether oxygens (including phenoxy) is 2. The molecule has 0 unspecified atom stereocenters. The molecule has 47 heavy (non-hydrogen) atoms. The molecular weight excluding hydrogens is 592 g/mol. The van der Waals surface area contributed by atoms with E-state index in [9.17, 15) is 19.2 Å². The first-order chi connectivity index (χ1) is 22.6. The Hall–Kier alpha value is -6.02. The molecule has 0 bridgehead atoms. The summed E-state index contributed by atoms with van der Waals surface area (Å²) in [7, 11) is 0. The van der Waals surface area contributed by atoms with Crippen molar-refractivity contribution in [3.05, 3.63) is 148 Å². The lowest BCUT2D eigenvalue weighted by molar-refractivity contribution is 0.0874. The van der Waals surface area contributed by atoms with Crippen LogP contribution in [0.1, 0.15) is 78.9 Å². The fourth-order valence-electron chi connectivity index (χ4n) is 5.96. The Morgan fingerprint density at radius 2 is 1.09 bits per heavy atom. The number of rotatable bonds is 8. The van der Waals surface area contributed by atoms with Gasteiger partial charge in [-0.05, 0) is 95.9 Å². The van der Waals surface area contributed by atoms with E-state index in [1.807, 2.05) is 73.7 Å². The Kier molecular flexibility index (Phi) is 7.20. The van der Waals surface area contributed by atoms with Crippen LogP contribution in [0.25, 0.3) is 0 Å². The molecule has 8 heteroatoms. The minimum absolute atomic E-state index is 0.303. The minimum atomic E-state index is -0.427. The zero-order valence-corrected chi connectivity index (χ0v) is 26.0. The fourth-order valence-corrected chi connectivity index (χ4v) is 5.96. The zero-order chi connectivity index (χ0) is 32.9. The molecular formula is C39H30N2O6. The van der Waals surface area contributed by atoms with Crippen molar-refractivity contribution in [3.63, 3.8) is 0 Å². The molecule has 0 atom stereocenters. The van der Waals surface area contributed by atoms with Crippen LogP contribution >= 0.6 is 0 Å². The third kappa shape index (κ3) is 5.33. The van der Waals surface area contributed by atoms with Crippen molar-refractivity contribution in [2.45, 2.75) is 32.6 Å². The van der Waals surface area contributed by atoms with Crippen LogP contribution in [-0.4, -0.2) is 23.6 Å². The average Bonchev–Trinajstić information content (AvgIpc) is 3.50. The molecule has 0 radical (unpaired) electrons. The highest BCUT2D eigenvalue weighted by molar-refractivity contribution is 6.34. The van der Waals surface area contributed by atoms with Gasteiger partial charge in [-0.15, -0.1) is 0 Å². The van der Waals surface area contributed by atoms with Gasteiger partial charge in [0.15, 0.2) is 0 Å². The zero-order valence-electron chi connectivity index (χ0n) is 26.0. The molecule has 2 aliphatic heterocycles. The second-order valence-corrected chi connectivity index (χ2v) is 12.0. The smallest absolute Gasteiger partial charge is 0.266 e. The number of carbonyl (C=O) groups is 4. The molecule has 232 valence electrons. The maximum atomic E-state index is 13.3. The van der Waals surface area contributed by atoms with Crippen LogP contribution in [0.2, 0.25) is 0 Å². The number of hydrogen-bond acceptors (Lipinski definition) is 6. The summed E-state index contributed by atoms with van der Waals surface area (Å²) in [6.07, 6.45) is 0.803. The summed E-state index contributed by atoms with van der Waals surface area (Å²) in [6, 6.07) is 32.7. The number of imide groups is 2. The molecule has 2 heterocycles. The number of nitrogens with one attached hydrogen (secondary N) is 1. The van der Waals surface area contributed by atoms with Gasteiger partial charge in [0.25, 0.3) is 23.6 Å². The van der Waals surface area contributed by atoms with Gasteiger partial charge in [0, 0.05) is 5.41 Å². The molecule has 0 aromatic heterocycles. The molecule has 5 aromatic rings. The summed E-state index contributed by atoms with van der Waals surface area (Å²) in [4.78, 5) is 51.4. The average molecular weight is 623 g/mol. The van der Waals surface area contributed by atoms with Crippen LogP contribution in [0.5, 0.6) is 23.0 Å². The first kappa shape index (κ1) is 29.7. The van der Waals surface area contributed by atoms with E-state index in [-0.39, 0.29) is 17.2 Å². The van der Waals surface area contributed by atoms with Crippen LogP contribution in [0.4, 0.5) is 5.69 Å². The first-order valence-corrected chi connectivity index (χ1v) is 15.3. The maximum absolute atomic E-state index is 13.3. The van der Waals surface area contributed by atoms with Gasteiger partial charge in [0.2, 0.25) is 0 Å². The summed E-state index contributed by atoms with van der Waals surface area (Å²) in [5, 5.41) is 2.28. The Morgan fingerprint density at radius 1 is 0.574 bits per heavy atom. The maximum Gasteiger partial charge on any atom is 0.266 e. The molecule has 0 saturated heterocycles. The van der Waals surface area contributed by atoms with Crippen molar-refractivity contribution >= 4 is 29.3 Å². The van der Waals surface area contributed by atoms with Crippen LogP contribution in [0.3, 0.4) is 0 Å². The summed E-state index contributed by atoms with van der Waals surface area (Å²) < 4.78 is 12.1. The number of fused-ring (bicyclic) bond motifs is 2. The molecule has 0 fully saturated rings. The van der Waals surface area contributed by atoms with Gasteiger partial charge in [-0.25, -0.2) is 4.90 Å². The SMILES string of the molecule is CCc1cccc(N2C(=O)c3ccc(Oc4ccc(C(C)(C)c5ccc(Oc6ccc7c(c6)C(=O)NC7=O)cc5)cc4)cc3C2=O)c1. The number of aryl methyl sites for hydroxylation is 1. The fraction of sp³-hybridized carbons (Fsp3) is 0.128. The highest BCUT2D eigenvalue weighted by atomic mass is 16.5. The number of hydrogen-bond donors (Lipinski definition) is 1. The summed E-state index contributed by atoms with van der Waals surface area (Å²) in [5.41, 5.74) is 4.71. The van der Waals surface area contributed by atoms with Crippen LogP contribution < -0.4 is 19.7 Å². The molecule has 8 nitrogen and oxygen atoms in total. The van der Waals surface area contributed by atoms with Gasteiger partial charge in [0.05, 0.1) is 27.9 Å². The predicted molar refractivity (Wildman–Crippen MR) is 177 cm³/mol. The molecule has 0 spiro atoms. The molecule has 4 amide bonds. The lowest BCUT2D eigenvalue weighted by atomic mass is 9.78. The molecule has 2 aliphatic rings. The van der Waals surface area contributed by atoms with Gasteiger partial charge in [0.1, 0.15) is 23.0 Å². The largest absolute Gasteiger partial charge is 0.457 e. The molecule has 0 saturated carbocycles. The molecule has 7 rings (SSSR count). The Bertz CT molecular complexity index is 2100. The number of amides is 4. The van der Waals surface area contributed by atoms with E-state index in [0.717, 1.165) is 23.1 Å². The summed E-state index contributed by atoms with van der Waals surface area (Å²) >= 11 is 0. The van der Waals surface area contributed by atoms with Gasteiger partial charge in [-0.1, -0.05) is 57.2 Å². The van der Waals surface area contributed by atoms with Gasteiger partial charge in [-0.3, -0.25) is 24.5 Å². The highest BCUT2D eigenvalue weighted by Gasteiger charge is 2.37. The predicted octanol–water partition coefficient (Wildman–Crippen LogP) is 7.84. The van der Waals surface area contributed by atoms with Crippen LogP contribution in [-0.2, 0) is 11.8 Å². The van der Waals surface area contributed by atoms with E-state index in [0.29, 0.717) is 50.9 Å². The second kappa shape index (κ2) is 11.4. The van der Waals surface area contributed by atoms with E-state index < -0.39 is 11.8 Å². The van der Waals surface area contributed by atoms with Crippen molar-refractivity contribution in [1.82, 2.24) is 5.32 Å². The van der Waals surface area contributed by atoms with Crippen molar-refractivity contribution in [1.29, 1.82) is 0 Å². The number of benzene rings is 5. The van der Waals surface area contributed by atoms with Crippen molar-refractivity contribution in [3.8, 4) is 23.0 Å². The van der Waals surface area contributed by atoms with Gasteiger partial charge in [-0.2, -0.15) is 0 Å². The Labute approximate surface area is 271 Å². The van der Waals surface area contributed by atoms with E-state index in [1.54, 1.807) is 42.5 Å². The number of nitrogens with zero attached hydrogens (tertiary/aromatic N) is 1. The number of carbonyl (C=O) groups excluding carboxylic acids is 4. The van der Waals surface area contributed by atoms with E-state index in [2.05, 4.69) is 19.2 Å². The third-order valence-electron chi connectivity index (χ3n) is 8.77. The quantitative estimate of drug-likeness (QED) is 0.177. The van der Waals surface area contributed by atoms with Crippen molar-refractivity contribution < 1.29 is 28.7 Å². The second-order valence-electron chi connectivity index (χ2n) is 12.0. The number of anilines is 1. The van der Waals surface area contributed by atoms with Crippen molar-refractivity contribution in [2.24, 2.45) is 0 Å². The molecule has 1 N–H and O–H groups in total.